The van der Waals surface area contributed by atoms with Crippen molar-refractivity contribution in [2.45, 2.75) is 60.9 Å². The Hall–Kier alpha value is -0.860. The molecule has 0 radical (unpaired) electrons. The van der Waals surface area contributed by atoms with E-state index in [4.69, 9.17) is 17.3 Å². The van der Waals surface area contributed by atoms with E-state index in [0.717, 1.165) is 5.56 Å². The van der Waals surface area contributed by atoms with Crippen LogP contribution in [0.25, 0.3) is 0 Å². The molecule has 0 aromatic heterocycles. The van der Waals surface area contributed by atoms with Gasteiger partial charge in [-0.25, -0.2) is 0 Å². The van der Waals surface area contributed by atoms with Gasteiger partial charge in [0.1, 0.15) is 5.78 Å². The third kappa shape index (κ3) is 11.9. The maximum atomic E-state index is 10.9. The van der Waals surface area contributed by atoms with Gasteiger partial charge in [-0.3, -0.25) is 4.79 Å². The summed E-state index contributed by atoms with van der Waals surface area (Å²) in [5.74, 6) is -0.0140. The monoisotopic (exact) mass is 287 g/mol. The molecule has 0 aliphatic carbocycles. The molecule has 3 heteroatoms. The molecule has 0 saturated heterocycles. The van der Waals surface area contributed by atoms with Gasteiger partial charge in [0.25, 0.3) is 0 Å². The summed E-state index contributed by atoms with van der Waals surface area (Å²) in [6.07, 6.45) is 0.509. The number of carbonyl (C=O) groups is 1. The first kappa shape index (κ1) is 23.2. The molecule has 2 N–H and O–H groups in total. The SMILES string of the molecule is CC.CC.CC.CC(=O)C(N)Cc1ccccc1Cl. The molecule has 0 aliphatic rings. The number of Topliss-reactive ketones (excluding diaryl/α,β-unsaturated/α-hetero) is 1. The number of hydrogen-bond acceptors (Lipinski definition) is 2. The Morgan fingerprint density at radius 2 is 1.53 bits per heavy atom. The van der Waals surface area contributed by atoms with Crippen LogP contribution < -0.4 is 5.73 Å². The summed E-state index contributed by atoms with van der Waals surface area (Å²) < 4.78 is 0. The van der Waals surface area contributed by atoms with Gasteiger partial charge in [-0.15, -0.1) is 0 Å². The minimum atomic E-state index is -0.445. The van der Waals surface area contributed by atoms with Gasteiger partial charge in [0.15, 0.2) is 0 Å². The van der Waals surface area contributed by atoms with E-state index in [9.17, 15) is 4.79 Å². The molecule has 19 heavy (non-hydrogen) atoms. The molecule has 0 spiro atoms. The molecule has 1 unspecified atom stereocenters. The highest BCUT2D eigenvalue weighted by Crippen LogP contribution is 2.16. The molecule has 0 saturated carbocycles. The van der Waals surface area contributed by atoms with Crippen molar-refractivity contribution >= 4 is 17.4 Å². The Morgan fingerprint density at radius 1 is 1.11 bits per heavy atom. The highest BCUT2D eigenvalue weighted by Gasteiger charge is 2.10. The zero-order valence-corrected chi connectivity index (χ0v) is 14.2. The van der Waals surface area contributed by atoms with Gasteiger partial charge in [-0.2, -0.15) is 0 Å². The molecule has 1 rings (SSSR count). The number of halogens is 1. The molecule has 0 fully saturated rings. The standard InChI is InChI=1S/C10H12ClNO.3C2H6/c1-7(13)10(12)6-8-4-2-3-5-9(8)11;3*1-2/h2-5,10H,6,12H2,1H3;3*1-2H3. The van der Waals surface area contributed by atoms with Gasteiger partial charge in [0, 0.05) is 5.02 Å². The van der Waals surface area contributed by atoms with E-state index in [-0.39, 0.29) is 5.78 Å². The van der Waals surface area contributed by atoms with E-state index in [1.54, 1.807) is 6.07 Å². The highest BCUT2D eigenvalue weighted by molar-refractivity contribution is 6.31. The number of carbonyl (C=O) groups excluding carboxylic acids is 1. The first-order chi connectivity index (χ1) is 9.11. The molecule has 0 bridgehead atoms. The van der Waals surface area contributed by atoms with Crippen LogP contribution in [0.3, 0.4) is 0 Å². The van der Waals surface area contributed by atoms with Gasteiger partial charge in [0.05, 0.1) is 6.04 Å². The largest absolute Gasteiger partial charge is 0.321 e. The van der Waals surface area contributed by atoms with E-state index < -0.39 is 6.04 Å². The molecule has 2 nitrogen and oxygen atoms in total. The molecule has 0 heterocycles. The van der Waals surface area contributed by atoms with Crippen LogP contribution in [0.4, 0.5) is 0 Å². The fourth-order valence-electron chi connectivity index (χ4n) is 1.04. The number of nitrogens with two attached hydrogens (primary N) is 1. The summed E-state index contributed by atoms with van der Waals surface area (Å²) in [4.78, 5) is 10.9. The molecule has 1 atom stereocenters. The topological polar surface area (TPSA) is 43.1 Å². The Morgan fingerprint density at radius 3 is 1.89 bits per heavy atom. The van der Waals surface area contributed by atoms with Crippen LogP contribution in [-0.4, -0.2) is 11.8 Å². The van der Waals surface area contributed by atoms with Crippen LogP contribution in [0.5, 0.6) is 0 Å². The average Bonchev–Trinajstić information content (AvgIpc) is 2.47. The zero-order chi connectivity index (χ0) is 15.8. The second-order valence-electron chi connectivity index (χ2n) is 3.01. The van der Waals surface area contributed by atoms with Crippen LogP contribution in [0.1, 0.15) is 54.0 Å². The van der Waals surface area contributed by atoms with Crippen molar-refractivity contribution in [2.75, 3.05) is 0 Å². The first-order valence-corrected chi connectivity index (χ1v) is 7.48. The Kier molecular flexibility index (Phi) is 21.0. The Balaban J connectivity index is -0.000000375. The number of benzene rings is 1. The highest BCUT2D eigenvalue weighted by atomic mass is 35.5. The van der Waals surface area contributed by atoms with E-state index in [0.29, 0.717) is 11.4 Å². The third-order valence-electron chi connectivity index (χ3n) is 1.92. The molecule has 1 aromatic carbocycles. The minimum Gasteiger partial charge on any atom is -0.321 e. The first-order valence-electron chi connectivity index (χ1n) is 7.10. The predicted molar refractivity (Wildman–Crippen MR) is 87.9 cm³/mol. The van der Waals surface area contributed by atoms with Gasteiger partial charge < -0.3 is 5.73 Å². The number of ketones is 1. The van der Waals surface area contributed by atoms with Gasteiger partial charge in [-0.05, 0) is 25.0 Å². The maximum Gasteiger partial charge on any atom is 0.146 e. The van der Waals surface area contributed by atoms with Crippen molar-refractivity contribution in [3.8, 4) is 0 Å². The lowest BCUT2D eigenvalue weighted by Crippen LogP contribution is -2.30. The fourth-order valence-corrected chi connectivity index (χ4v) is 1.26. The quantitative estimate of drug-likeness (QED) is 0.861. The van der Waals surface area contributed by atoms with Crippen molar-refractivity contribution in [1.82, 2.24) is 0 Å². The smallest absolute Gasteiger partial charge is 0.146 e. The van der Waals surface area contributed by atoms with E-state index in [1.165, 1.54) is 6.92 Å². The summed E-state index contributed by atoms with van der Waals surface area (Å²) >= 11 is 5.91. The van der Waals surface area contributed by atoms with Crippen molar-refractivity contribution in [3.63, 3.8) is 0 Å². The van der Waals surface area contributed by atoms with Crippen molar-refractivity contribution < 1.29 is 4.79 Å². The van der Waals surface area contributed by atoms with E-state index >= 15 is 0 Å². The summed E-state index contributed by atoms with van der Waals surface area (Å²) in [6, 6.07) is 6.97. The summed E-state index contributed by atoms with van der Waals surface area (Å²) in [6.45, 7) is 13.5. The number of rotatable bonds is 3. The lowest BCUT2D eigenvalue weighted by Gasteiger charge is -2.08. The Labute approximate surface area is 124 Å². The van der Waals surface area contributed by atoms with Crippen LogP contribution >= 0.6 is 11.6 Å². The zero-order valence-electron chi connectivity index (χ0n) is 13.5. The Bertz CT molecular complexity index is 313. The predicted octanol–water partition coefficient (Wildman–Crippen LogP) is 4.88. The molecule has 0 aliphatic heterocycles. The summed E-state index contributed by atoms with van der Waals surface area (Å²) in [7, 11) is 0. The van der Waals surface area contributed by atoms with Gasteiger partial charge in [-0.1, -0.05) is 71.3 Å². The molecule has 0 amide bonds. The van der Waals surface area contributed by atoms with Crippen LogP contribution in [0.2, 0.25) is 5.02 Å². The molecule has 1 aromatic rings. The maximum absolute atomic E-state index is 10.9. The second-order valence-corrected chi connectivity index (χ2v) is 3.42. The number of hydrogen-bond donors (Lipinski definition) is 1. The van der Waals surface area contributed by atoms with Crippen molar-refractivity contribution in [3.05, 3.63) is 34.9 Å². The van der Waals surface area contributed by atoms with Crippen LogP contribution in [0.15, 0.2) is 24.3 Å². The average molecular weight is 288 g/mol. The molecular weight excluding hydrogens is 258 g/mol. The second kappa shape index (κ2) is 17.1. The normalized spacial score (nSPS) is 9.53. The molecular formula is C16H30ClNO. The summed E-state index contributed by atoms with van der Waals surface area (Å²) in [5, 5.41) is 0.666. The third-order valence-corrected chi connectivity index (χ3v) is 2.29. The fraction of sp³-hybridized carbons (Fsp3) is 0.562. The minimum absolute atomic E-state index is 0.0140. The lowest BCUT2D eigenvalue weighted by molar-refractivity contribution is -0.118. The van der Waals surface area contributed by atoms with Crippen LogP contribution in [0, 0.1) is 0 Å². The van der Waals surface area contributed by atoms with Gasteiger partial charge >= 0.3 is 0 Å². The lowest BCUT2D eigenvalue weighted by atomic mass is 10.0. The van der Waals surface area contributed by atoms with E-state index in [2.05, 4.69) is 0 Å². The molecule has 112 valence electrons. The van der Waals surface area contributed by atoms with Crippen molar-refractivity contribution in [1.29, 1.82) is 0 Å². The van der Waals surface area contributed by atoms with Gasteiger partial charge in [0.2, 0.25) is 0 Å². The van der Waals surface area contributed by atoms with E-state index in [1.807, 2.05) is 59.7 Å². The summed E-state index contributed by atoms with van der Waals surface area (Å²) in [5.41, 5.74) is 6.53. The van der Waals surface area contributed by atoms with Crippen LogP contribution in [-0.2, 0) is 11.2 Å². The van der Waals surface area contributed by atoms with Crippen molar-refractivity contribution in [2.24, 2.45) is 5.73 Å².